The molecule has 0 saturated carbocycles. The van der Waals surface area contributed by atoms with Crippen LogP contribution in [-0.2, 0) is 11.2 Å². The molecule has 1 atom stereocenters. The van der Waals surface area contributed by atoms with E-state index in [-0.39, 0.29) is 24.4 Å². The molecule has 1 heterocycles. The summed E-state index contributed by atoms with van der Waals surface area (Å²) in [6, 6.07) is 9.29. The van der Waals surface area contributed by atoms with Crippen LogP contribution < -0.4 is 10.6 Å². The SMILES string of the molecule is CCc1c(-c2ccc(C#N)cc2)nn(C(C)CC)c1C(=O)NCC(=O)NC. The summed E-state index contributed by atoms with van der Waals surface area (Å²) < 4.78 is 1.74. The van der Waals surface area contributed by atoms with E-state index in [4.69, 9.17) is 10.4 Å². The number of nitrogens with zero attached hydrogens (tertiary/aromatic N) is 3. The highest BCUT2D eigenvalue weighted by Crippen LogP contribution is 2.29. The summed E-state index contributed by atoms with van der Waals surface area (Å²) in [6.07, 6.45) is 1.43. The van der Waals surface area contributed by atoms with Gasteiger partial charge < -0.3 is 10.6 Å². The van der Waals surface area contributed by atoms with E-state index < -0.39 is 0 Å². The molecule has 7 nitrogen and oxygen atoms in total. The van der Waals surface area contributed by atoms with Gasteiger partial charge in [0.15, 0.2) is 0 Å². The maximum atomic E-state index is 12.8. The number of benzene rings is 1. The standard InChI is InChI=1S/C20H25N5O2/c1-5-13(3)25-19(20(27)23-12-17(26)22-4)16(6-2)18(24-25)15-9-7-14(11-21)8-10-15/h7-10,13H,5-6,12H2,1-4H3,(H,22,26)(H,23,27). The highest BCUT2D eigenvalue weighted by molar-refractivity contribution is 5.97. The molecule has 0 radical (unpaired) electrons. The number of hydrogen-bond acceptors (Lipinski definition) is 4. The Kier molecular flexibility index (Phi) is 6.72. The van der Waals surface area contributed by atoms with Crippen molar-refractivity contribution in [1.29, 1.82) is 5.26 Å². The molecule has 2 amide bonds. The Morgan fingerprint density at radius 2 is 1.93 bits per heavy atom. The van der Waals surface area contributed by atoms with E-state index >= 15 is 0 Å². The van der Waals surface area contributed by atoms with E-state index in [0.717, 1.165) is 23.2 Å². The molecule has 0 aliphatic heterocycles. The molecule has 2 aromatic rings. The lowest BCUT2D eigenvalue weighted by Crippen LogP contribution is -2.36. The molecule has 0 spiro atoms. The maximum Gasteiger partial charge on any atom is 0.270 e. The van der Waals surface area contributed by atoms with Crippen LogP contribution in [0.4, 0.5) is 0 Å². The average Bonchev–Trinajstić information content (AvgIpc) is 3.10. The molecule has 2 N–H and O–H groups in total. The largest absolute Gasteiger partial charge is 0.358 e. The van der Waals surface area contributed by atoms with Crippen molar-refractivity contribution in [1.82, 2.24) is 20.4 Å². The summed E-state index contributed by atoms with van der Waals surface area (Å²) in [6.45, 7) is 5.92. The predicted octanol–water partition coefficient (Wildman–Crippen LogP) is 2.43. The molecule has 27 heavy (non-hydrogen) atoms. The lowest BCUT2D eigenvalue weighted by atomic mass is 10.0. The molecule has 1 aromatic carbocycles. The van der Waals surface area contributed by atoms with Crippen molar-refractivity contribution < 1.29 is 9.59 Å². The fourth-order valence-corrected chi connectivity index (χ4v) is 2.80. The molecule has 0 aliphatic carbocycles. The second kappa shape index (κ2) is 8.99. The summed E-state index contributed by atoms with van der Waals surface area (Å²) in [5, 5.41) is 18.9. The lowest BCUT2D eigenvalue weighted by molar-refractivity contribution is -0.119. The van der Waals surface area contributed by atoms with Gasteiger partial charge in [-0.1, -0.05) is 26.0 Å². The van der Waals surface area contributed by atoms with Gasteiger partial charge >= 0.3 is 0 Å². The van der Waals surface area contributed by atoms with E-state index in [0.29, 0.717) is 17.7 Å². The first kappa shape index (κ1) is 20.2. The average molecular weight is 367 g/mol. The third kappa shape index (κ3) is 4.34. The second-order valence-corrected chi connectivity index (χ2v) is 6.28. The fraction of sp³-hybridized carbons (Fsp3) is 0.400. The van der Waals surface area contributed by atoms with E-state index in [1.54, 1.807) is 16.8 Å². The third-order valence-corrected chi connectivity index (χ3v) is 4.56. The van der Waals surface area contributed by atoms with Gasteiger partial charge in [-0.05, 0) is 31.9 Å². The fourth-order valence-electron chi connectivity index (χ4n) is 2.80. The summed E-state index contributed by atoms with van der Waals surface area (Å²) in [5.74, 6) is -0.577. The number of carbonyl (C=O) groups excluding carboxylic acids is 2. The van der Waals surface area contributed by atoms with Gasteiger partial charge in [-0.15, -0.1) is 0 Å². The second-order valence-electron chi connectivity index (χ2n) is 6.28. The Balaban J connectivity index is 2.52. The Bertz CT molecular complexity index is 862. The molecule has 7 heteroatoms. The molecule has 142 valence electrons. The van der Waals surface area contributed by atoms with Gasteiger partial charge in [0.05, 0.1) is 23.9 Å². The minimum absolute atomic E-state index is 0.0307. The summed E-state index contributed by atoms with van der Waals surface area (Å²) in [7, 11) is 1.53. The van der Waals surface area contributed by atoms with E-state index in [2.05, 4.69) is 16.7 Å². The van der Waals surface area contributed by atoms with Crippen LogP contribution in [0.25, 0.3) is 11.3 Å². The van der Waals surface area contributed by atoms with Crippen LogP contribution in [0, 0.1) is 11.3 Å². The van der Waals surface area contributed by atoms with Crippen LogP contribution in [-0.4, -0.2) is 35.2 Å². The Labute approximate surface area is 159 Å². The van der Waals surface area contributed by atoms with Crippen LogP contribution in [0.15, 0.2) is 24.3 Å². The third-order valence-electron chi connectivity index (χ3n) is 4.56. The number of carbonyl (C=O) groups is 2. The molecule has 0 bridgehead atoms. The van der Waals surface area contributed by atoms with Crippen molar-refractivity contribution in [2.75, 3.05) is 13.6 Å². The van der Waals surface area contributed by atoms with Crippen LogP contribution in [0.1, 0.15) is 54.8 Å². The van der Waals surface area contributed by atoms with Crippen molar-refractivity contribution in [3.8, 4) is 17.3 Å². The summed E-state index contributed by atoms with van der Waals surface area (Å²) in [4.78, 5) is 24.3. The van der Waals surface area contributed by atoms with Gasteiger partial charge in [0.1, 0.15) is 5.69 Å². The van der Waals surface area contributed by atoms with Crippen molar-refractivity contribution in [2.45, 2.75) is 39.7 Å². The number of hydrogen-bond donors (Lipinski definition) is 2. The molecular formula is C20H25N5O2. The van der Waals surface area contributed by atoms with Crippen LogP contribution in [0.3, 0.4) is 0 Å². The van der Waals surface area contributed by atoms with Gasteiger partial charge in [0, 0.05) is 24.2 Å². The minimum atomic E-state index is -0.317. The zero-order valence-corrected chi connectivity index (χ0v) is 16.2. The molecule has 1 aromatic heterocycles. The number of nitrogens with one attached hydrogen (secondary N) is 2. The van der Waals surface area contributed by atoms with Gasteiger partial charge in [0.25, 0.3) is 5.91 Å². The van der Waals surface area contributed by atoms with Crippen LogP contribution in [0.2, 0.25) is 0 Å². The Morgan fingerprint density at radius 1 is 1.26 bits per heavy atom. The van der Waals surface area contributed by atoms with E-state index in [1.807, 2.05) is 32.9 Å². The van der Waals surface area contributed by atoms with Crippen molar-refractivity contribution in [3.63, 3.8) is 0 Å². The number of aromatic nitrogens is 2. The molecular weight excluding hydrogens is 342 g/mol. The van der Waals surface area contributed by atoms with Gasteiger partial charge in [0.2, 0.25) is 5.91 Å². The number of rotatable bonds is 7. The van der Waals surface area contributed by atoms with E-state index in [1.165, 1.54) is 7.05 Å². The summed E-state index contributed by atoms with van der Waals surface area (Å²) >= 11 is 0. The monoisotopic (exact) mass is 367 g/mol. The number of amides is 2. The van der Waals surface area contributed by atoms with Gasteiger partial charge in [-0.25, -0.2) is 0 Å². The zero-order valence-electron chi connectivity index (χ0n) is 16.2. The number of nitriles is 1. The highest BCUT2D eigenvalue weighted by atomic mass is 16.2. The van der Waals surface area contributed by atoms with Crippen LogP contribution >= 0.6 is 0 Å². The van der Waals surface area contributed by atoms with Crippen molar-refractivity contribution in [3.05, 3.63) is 41.1 Å². The summed E-state index contributed by atoms with van der Waals surface area (Å²) in [5.41, 5.74) is 3.46. The van der Waals surface area contributed by atoms with Gasteiger partial charge in [-0.3, -0.25) is 14.3 Å². The topological polar surface area (TPSA) is 99.8 Å². The first-order valence-corrected chi connectivity index (χ1v) is 9.07. The highest BCUT2D eigenvalue weighted by Gasteiger charge is 2.25. The Hall–Kier alpha value is -3.14. The van der Waals surface area contributed by atoms with Crippen molar-refractivity contribution in [2.24, 2.45) is 0 Å². The lowest BCUT2D eigenvalue weighted by Gasteiger charge is -2.14. The smallest absolute Gasteiger partial charge is 0.270 e. The molecule has 2 rings (SSSR count). The number of likely N-dealkylation sites (N-methyl/N-ethyl adjacent to an activating group) is 1. The van der Waals surface area contributed by atoms with Crippen molar-refractivity contribution >= 4 is 11.8 Å². The minimum Gasteiger partial charge on any atom is -0.358 e. The molecule has 0 aliphatic rings. The first-order chi connectivity index (χ1) is 13.0. The predicted molar refractivity (Wildman–Crippen MR) is 103 cm³/mol. The van der Waals surface area contributed by atoms with Gasteiger partial charge in [-0.2, -0.15) is 10.4 Å². The quantitative estimate of drug-likeness (QED) is 0.785. The zero-order chi connectivity index (χ0) is 20.0. The van der Waals surface area contributed by atoms with E-state index in [9.17, 15) is 9.59 Å². The first-order valence-electron chi connectivity index (χ1n) is 9.07. The normalized spacial score (nSPS) is 11.5. The molecule has 1 unspecified atom stereocenters. The maximum absolute atomic E-state index is 12.8. The molecule has 0 saturated heterocycles. The van der Waals surface area contributed by atoms with Crippen LogP contribution in [0.5, 0.6) is 0 Å². The Morgan fingerprint density at radius 3 is 2.44 bits per heavy atom. The molecule has 0 fully saturated rings.